The first-order chi connectivity index (χ1) is 10.2. The molecule has 3 rings (SSSR count). The zero-order valence-electron chi connectivity index (χ0n) is 10.9. The molecule has 0 saturated carbocycles. The fourth-order valence-electron chi connectivity index (χ4n) is 1.82. The Bertz CT molecular complexity index is 753. The highest BCUT2D eigenvalue weighted by Gasteiger charge is 2.10. The Morgan fingerprint density at radius 1 is 1.19 bits per heavy atom. The van der Waals surface area contributed by atoms with Crippen molar-refractivity contribution in [2.45, 2.75) is 6.42 Å². The summed E-state index contributed by atoms with van der Waals surface area (Å²) in [6.07, 6.45) is 0.243. The van der Waals surface area contributed by atoms with Gasteiger partial charge < -0.3 is 5.32 Å². The molecule has 21 heavy (non-hydrogen) atoms. The maximum Gasteiger partial charge on any atom is 0.230 e. The number of nitrogens with one attached hydrogen (secondary N) is 1. The van der Waals surface area contributed by atoms with Gasteiger partial charge in [-0.05, 0) is 23.6 Å². The molecular weight excluding hydrogens is 324 g/mol. The average Bonchev–Trinajstić information content (AvgIpc) is 3.12. The van der Waals surface area contributed by atoms with Gasteiger partial charge in [0.05, 0.1) is 27.7 Å². The Morgan fingerprint density at radius 2 is 2.05 bits per heavy atom. The predicted octanol–water partition coefficient (Wildman–Crippen LogP) is 4.71. The first-order valence-corrected chi connectivity index (χ1v) is 8.39. The van der Waals surface area contributed by atoms with Crippen molar-refractivity contribution in [3.8, 4) is 9.88 Å². The Kier molecular flexibility index (Phi) is 4.34. The summed E-state index contributed by atoms with van der Waals surface area (Å²) < 4.78 is 0. The number of nitrogens with zero attached hydrogens (tertiary/aromatic N) is 1. The van der Waals surface area contributed by atoms with Crippen molar-refractivity contribution < 1.29 is 4.79 Å². The van der Waals surface area contributed by atoms with Crippen molar-refractivity contribution in [3.05, 3.63) is 57.9 Å². The summed E-state index contributed by atoms with van der Waals surface area (Å²) in [6, 6.07) is 11.2. The van der Waals surface area contributed by atoms with Crippen molar-refractivity contribution in [2.24, 2.45) is 0 Å². The van der Waals surface area contributed by atoms with Crippen LogP contribution in [-0.4, -0.2) is 10.9 Å². The minimum Gasteiger partial charge on any atom is -0.324 e. The van der Waals surface area contributed by atoms with E-state index in [-0.39, 0.29) is 12.3 Å². The highest BCUT2D eigenvalue weighted by molar-refractivity contribution is 7.20. The number of hydrogen-bond acceptors (Lipinski definition) is 4. The lowest BCUT2D eigenvalue weighted by atomic mass is 10.3. The van der Waals surface area contributed by atoms with Crippen LogP contribution in [0.4, 0.5) is 5.69 Å². The minimum absolute atomic E-state index is 0.119. The first kappa shape index (κ1) is 14.3. The van der Waals surface area contributed by atoms with Gasteiger partial charge >= 0.3 is 0 Å². The van der Waals surface area contributed by atoms with Crippen LogP contribution in [0.25, 0.3) is 9.88 Å². The van der Waals surface area contributed by atoms with E-state index >= 15 is 0 Å². The molecule has 106 valence electrons. The van der Waals surface area contributed by atoms with E-state index in [0.717, 1.165) is 15.6 Å². The van der Waals surface area contributed by atoms with Gasteiger partial charge in [0.2, 0.25) is 5.91 Å². The topological polar surface area (TPSA) is 42.0 Å². The van der Waals surface area contributed by atoms with E-state index in [1.807, 2.05) is 35.0 Å². The Balaban J connectivity index is 1.67. The molecule has 2 aromatic heterocycles. The molecule has 3 nitrogen and oxygen atoms in total. The second-order valence-corrected chi connectivity index (χ2v) is 6.54. The molecule has 1 amide bonds. The summed E-state index contributed by atoms with van der Waals surface area (Å²) in [4.78, 5) is 17.6. The van der Waals surface area contributed by atoms with Crippen LogP contribution < -0.4 is 5.32 Å². The van der Waals surface area contributed by atoms with Crippen LogP contribution >= 0.6 is 34.3 Å². The van der Waals surface area contributed by atoms with Crippen LogP contribution in [0.1, 0.15) is 5.69 Å². The number of para-hydroxylation sites is 1. The lowest BCUT2D eigenvalue weighted by molar-refractivity contribution is -0.115. The van der Waals surface area contributed by atoms with E-state index in [1.165, 1.54) is 0 Å². The first-order valence-electron chi connectivity index (χ1n) is 6.25. The minimum atomic E-state index is -0.119. The summed E-state index contributed by atoms with van der Waals surface area (Å²) in [7, 11) is 0. The van der Waals surface area contributed by atoms with E-state index in [2.05, 4.69) is 10.3 Å². The molecule has 0 atom stereocenters. The molecule has 0 aliphatic heterocycles. The number of amides is 1. The van der Waals surface area contributed by atoms with Gasteiger partial charge in [-0.3, -0.25) is 4.79 Å². The fourth-order valence-corrected chi connectivity index (χ4v) is 3.64. The summed E-state index contributed by atoms with van der Waals surface area (Å²) in [6.45, 7) is 0. The van der Waals surface area contributed by atoms with Gasteiger partial charge in [-0.25, -0.2) is 4.98 Å². The van der Waals surface area contributed by atoms with Crippen LogP contribution in [0.5, 0.6) is 0 Å². The predicted molar refractivity (Wildman–Crippen MR) is 89.2 cm³/mol. The van der Waals surface area contributed by atoms with Gasteiger partial charge in [0.25, 0.3) is 0 Å². The van der Waals surface area contributed by atoms with Crippen LogP contribution in [0.3, 0.4) is 0 Å². The number of carbonyl (C=O) groups is 1. The molecule has 1 N–H and O–H groups in total. The molecule has 0 unspecified atom stereocenters. The molecule has 6 heteroatoms. The number of anilines is 1. The fraction of sp³-hybridized carbons (Fsp3) is 0.0667. The number of carbonyl (C=O) groups excluding carboxylic acids is 1. The summed E-state index contributed by atoms with van der Waals surface area (Å²) >= 11 is 9.21. The molecule has 0 radical (unpaired) electrons. The molecular formula is C15H11ClN2OS2. The van der Waals surface area contributed by atoms with Crippen LogP contribution in [0, 0.1) is 0 Å². The zero-order valence-corrected chi connectivity index (χ0v) is 13.3. The number of benzene rings is 1. The SMILES string of the molecule is O=C(Cc1csc(-c2cccs2)n1)Nc1ccccc1Cl. The second-order valence-electron chi connectivity index (χ2n) is 4.33. The molecule has 1 aromatic carbocycles. The lowest BCUT2D eigenvalue weighted by Gasteiger charge is -2.05. The third-order valence-corrected chi connectivity index (χ3v) is 5.03. The zero-order chi connectivity index (χ0) is 14.7. The summed E-state index contributed by atoms with van der Waals surface area (Å²) in [5, 5.41) is 8.21. The van der Waals surface area contributed by atoms with Crippen molar-refractivity contribution in [1.82, 2.24) is 4.98 Å². The van der Waals surface area contributed by atoms with Crippen molar-refractivity contribution >= 4 is 45.9 Å². The number of hydrogen-bond donors (Lipinski definition) is 1. The van der Waals surface area contributed by atoms with E-state index < -0.39 is 0 Å². The third kappa shape index (κ3) is 3.50. The maximum absolute atomic E-state index is 12.0. The highest BCUT2D eigenvalue weighted by atomic mass is 35.5. The van der Waals surface area contributed by atoms with Gasteiger partial charge in [0.15, 0.2) is 0 Å². The van der Waals surface area contributed by atoms with Crippen LogP contribution in [-0.2, 0) is 11.2 Å². The summed E-state index contributed by atoms with van der Waals surface area (Å²) in [5.41, 5.74) is 1.39. The smallest absolute Gasteiger partial charge is 0.230 e. The van der Waals surface area contributed by atoms with Gasteiger partial charge in [0, 0.05) is 5.38 Å². The van der Waals surface area contributed by atoms with Crippen molar-refractivity contribution in [3.63, 3.8) is 0 Å². The van der Waals surface area contributed by atoms with E-state index in [4.69, 9.17) is 11.6 Å². The molecule has 0 aliphatic carbocycles. The van der Waals surface area contributed by atoms with E-state index in [1.54, 1.807) is 34.8 Å². The van der Waals surface area contributed by atoms with Crippen LogP contribution in [0.2, 0.25) is 5.02 Å². The quantitative estimate of drug-likeness (QED) is 0.751. The van der Waals surface area contributed by atoms with Gasteiger partial charge in [-0.15, -0.1) is 22.7 Å². The largest absolute Gasteiger partial charge is 0.324 e. The third-order valence-electron chi connectivity index (χ3n) is 2.77. The van der Waals surface area contributed by atoms with Crippen molar-refractivity contribution in [1.29, 1.82) is 0 Å². The lowest BCUT2D eigenvalue weighted by Crippen LogP contribution is -2.14. The van der Waals surface area contributed by atoms with Crippen LogP contribution in [0.15, 0.2) is 47.2 Å². The van der Waals surface area contributed by atoms with Gasteiger partial charge in [0.1, 0.15) is 5.01 Å². The molecule has 3 aromatic rings. The summed E-state index contributed by atoms with van der Waals surface area (Å²) in [5.74, 6) is -0.119. The molecule has 2 heterocycles. The normalized spacial score (nSPS) is 10.5. The Labute approximate surface area is 135 Å². The number of rotatable bonds is 4. The standard InChI is InChI=1S/C15H11ClN2OS2/c16-11-4-1-2-5-12(11)18-14(19)8-10-9-21-15(17-10)13-6-3-7-20-13/h1-7,9H,8H2,(H,18,19). The van der Waals surface area contributed by atoms with E-state index in [9.17, 15) is 4.79 Å². The molecule has 0 fully saturated rings. The molecule has 0 aliphatic rings. The Morgan fingerprint density at radius 3 is 2.81 bits per heavy atom. The van der Waals surface area contributed by atoms with Crippen molar-refractivity contribution in [2.75, 3.05) is 5.32 Å². The number of thiophene rings is 1. The maximum atomic E-state index is 12.0. The van der Waals surface area contributed by atoms with Gasteiger partial charge in [-0.1, -0.05) is 29.8 Å². The molecule has 0 spiro atoms. The number of halogens is 1. The van der Waals surface area contributed by atoms with Gasteiger partial charge in [-0.2, -0.15) is 0 Å². The Hall–Kier alpha value is -1.69. The molecule has 0 saturated heterocycles. The number of thiazole rings is 1. The second kappa shape index (κ2) is 6.39. The molecule has 0 bridgehead atoms. The highest BCUT2D eigenvalue weighted by Crippen LogP contribution is 2.28. The average molecular weight is 335 g/mol. The number of aromatic nitrogens is 1. The monoisotopic (exact) mass is 334 g/mol. The van der Waals surface area contributed by atoms with E-state index in [0.29, 0.717) is 10.7 Å².